The Labute approximate surface area is 148 Å². The van der Waals surface area contributed by atoms with E-state index in [1.807, 2.05) is 48.5 Å². The lowest BCUT2D eigenvalue weighted by Crippen LogP contribution is -2.42. The fourth-order valence-electron chi connectivity index (χ4n) is 2.62. The molecule has 0 radical (unpaired) electrons. The molecule has 1 amide bonds. The average molecular weight is 343 g/mol. The number of carbonyl (C=O) groups excluding carboxylic acids is 1. The van der Waals surface area contributed by atoms with Crippen LogP contribution in [0.2, 0.25) is 0 Å². The number of hydrogen-bond acceptors (Lipinski definition) is 3. The summed E-state index contributed by atoms with van der Waals surface area (Å²) in [4.78, 5) is 13.4. The molecule has 0 heterocycles. The summed E-state index contributed by atoms with van der Waals surface area (Å²) in [6.45, 7) is 2.56. The van der Waals surface area contributed by atoms with Crippen LogP contribution in [0.5, 0.6) is 0 Å². The van der Waals surface area contributed by atoms with E-state index in [2.05, 4.69) is 24.4 Å². The van der Waals surface area contributed by atoms with E-state index in [-0.39, 0.29) is 5.91 Å². The molecule has 0 saturated carbocycles. The largest absolute Gasteiger partial charge is 0.372 e. The van der Waals surface area contributed by atoms with Crippen LogP contribution in [0.4, 0.5) is 0 Å². The Bertz CT molecular complexity index is 612. The molecule has 0 aliphatic heterocycles. The van der Waals surface area contributed by atoms with Crippen LogP contribution in [0.1, 0.15) is 25.3 Å². The lowest BCUT2D eigenvalue weighted by atomic mass is 9.90. The smallest absolute Gasteiger partial charge is 0.220 e. The Hall–Kier alpha value is -1.78. The van der Waals surface area contributed by atoms with Gasteiger partial charge in [-0.05, 0) is 24.1 Å². The van der Waals surface area contributed by atoms with Crippen LogP contribution in [0.3, 0.4) is 0 Å². The number of amides is 1. The van der Waals surface area contributed by atoms with Crippen molar-refractivity contribution in [2.24, 2.45) is 0 Å². The maximum atomic E-state index is 12.2. The second-order valence-corrected chi connectivity index (χ2v) is 6.77. The van der Waals surface area contributed by atoms with Crippen molar-refractivity contribution in [2.45, 2.75) is 30.3 Å². The SMILES string of the molecule is CCC(CNC(=O)CCSc1ccccc1)(OC)c1ccccc1. The quantitative estimate of drug-likeness (QED) is 0.692. The minimum absolute atomic E-state index is 0.0595. The van der Waals surface area contributed by atoms with Crippen LogP contribution in [0.25, 0.3) is 0 Å². The third kappa shape index (κ3) is 5.11. The fraction of sp³-hybridized carbons (Fsp3) is 0.350. The zero-order chi connectivity index (χ0) is 17.3. The Kier molecular flexibility index (Phi) is 7.35. The standard InChI is InChI=1S/C20H25NO2S/c1-3-20(23-2,17-10-6-4-7-11-17)16-21-19(22)14-15-24-18-12-8-5-9-13-18/h4-13H,3,14-16H2,1-2H3,(H,21,22). The molecule has 2 aromatic rings. The number of rotatable bonds is 9. The summed E-state index contributed by atoms with van der Waals surface area (Å²) in [5, 5.41) is 3.03. The molecular formula is C20H25NO2S. The summed E-state index contributed by atoms with van der Waals surface area (Å²) in [7, 11) is 1.70. The molecule has 1 unspecified atom stereocenters. The first-order valence-electron chi connectivity index (χ1n) is 8.25. The molecule has 0 fully saturated rings. The molecular weight excluding hydrogens is 318 g/mol. The van der Waals surface area contributed by atoms with E-state index in [0.717, 1.165) is 17.7 Å². The summed E-state index contributed by atoms with van der Waals surface area (Å²) in [6, 6.07) is 20.2. The van der Waals surface area contributed by atoms with E-state index < -0.39 is 5.60 Å². The highest BCUT2D eigenvalue weighted by atomic mass is 32.2. The Balaban J connectivity index is 1.84. The second-order valence-electron chi connectivity index (χ2n) is 5.61. The van der Waals surface area contributed by atoms with Crippen LogP contribution < -0.4 is 5.32 Å². The van der Waals surface area contributed by atoms with Crippen molar-refractivity contribution in [2.75, 3.05) is 19.4 Å². The number of benzene rings is 2. The summed E-state index contributed by atoms with van der Waals surface area (Å²) in [5.41, 5.74) is 0.623. The van der Waals surface area contributed by atoms with Crippen LogP contribution >= 0.6 is 11.8 Å². The zero-order valence-electron chi connectivity index (χ0n) is 14.3. The van der Waals surface area contributed by atoms with Crippen molar-refractivity contribution in [3.63, 3.8) is 0 Å². The van der Waals surface area contributed by atoms with Gasteiger partial charge in [-0.25, -0.2) is 0 Å². The minimum atomic E-state index is -0.469. The molecule has 2 rings (SSSR count). The maximum absolute atomic E-state index is 12.2. The van der Waals surface area contributed by atoms with Gasteiger partial charge in [-0.1, -0.05) is 55.5 Å². The zero-order valence-corrected chi connectivity index (χ0v) is 15.1. The minimum Gasteiger partial charge on any atom is -0.372 e. The van der Waals surface area contributed by atoms with E-state index in [4.69, 9.17) is 4.74 Å². The van der Waals surface area contributed by atoms with Gasteiger partial charge in [-0.2, -0.15) is 0 Å². The lowest BCUT2D eigenvalue weighted by molar-refractivity contribution is -0.122. The van der Waals surface area contributed by atoms with E-state index in [0.29, 0.717) is 13.0 Å². The number of hydrogen-bond donors (Lipinski definition) is 1. The molecule has 0 aliphatic carbocycles. The summed E-state index contributed by atoms with van der Waals surface area (Å²) >= 11 is 1.70. The number of carbonyl (C=O) groups is 1. The molecule has 3 nitrogen and oxygen atoms in total. The summed E-state index contributed by atoms with van der Waals surface area (Å²) < 4.78 is 5.78. The normalized spacial score (nSPS) is 13.2. The molecule has 1 atom stereocenters. The van der Waals surface area contributed by atoms with Gasteiger partial charge >= 0.3 is 0 Å². The molecule has 0 spiro atoms. The second kappa shape index (κ2) is 9.50. The van der Waals surface area contributed by atoms with Crippen molar-refractivity contribution in [3.8, 4) is 0 Å². The molecule has 0 bridgehead atoms. The third-order valence-electron chi connectivity index (χ3n) is 4.17. The van der Waals surface area contributed by atoms with Gasteiger partial charge in [0.05, 0.1) is 6.54 Å². The summed E-state index contributed by atoms with van der Waals surface area (Å²) in [6.07, 6.45) is 1.30. The van der Waals surface area contributed by atoms with Gasteiger partial charge in [-0.15, -0.1) is 11.8 Å². The van der Waals surface area contributed by atoms with Gasteiger partial charge in [0.1, 0.15) is 5.60 Å². The van der Waals surface area contributed by atoms with E-state index in [1.165, 1.54) is 4.90 Å². The first-order valence-corrected chi connectivity index (χ1v) is 9.24. The van der Waals surface area contributed by atoms with Crippen molar-refractivity contribution in [3.05, 3.63) is 66.2 Å². The topological polar surface area (TPSA) is 38.3 Å². The van der Waals surface area contributed by atoms with Gasteiger partial charge in [-0.3, -0.25) is 4.79 Å². The van der Waals surface area contributed by atoms with Crippen LogP contribution in [-0.2, 0) is 15.1 Å². The predicted octanol–water partition coefficient (Wildman–Crippen LogP) is 4.24. The van der Waals surface area contributed by atoms with E-state index >= 15 is 0 Å². The first-order chi connectivity index (χ1) is 11.7. The summed E-state index contributed by atoms with van der Waals surface area (Å²) in [5.74, 6) is 0.831. The first kappa shape index (κ1) is 18.6. The number of ether oxygens (including phenoxy) is 1. The molecule has 128 valence electrons. The number of nitrogens with one attached hydrogen (secondary N) is 1. The Morgan fingerprint density at radius 2 is 1.71 bits per heavy atom. The van der Waals surface area contributed by atoms with Crippen molar-refractivity contribution in [1.82, 2.24) is 5.32 Å². The van der Waals surface area contributed by atoms with Crippen molar-refractivity contribution in [1.29, 1.82) is 0 Å². The Morgan fingerprint density at radius 3 is 2.29 bits per heavy atom. The van der Waals surface area contributed by atoms with Crippen LogP contribution in [0.15, 0.2) is 65.6 Å². The third-order valence-corrected chi connectivity index (χ3v) is 5.19. The molecule has 1 N–H and O–H groups in total. The van der Waals surface area contributed by atoms with Gasteiger partial charge in [0.25, 0.3) is 0 Å². The highest BCUT2D eigenvalue weighted by molar-refractivity contribution is 7.99. The van der Waals surface area contributed by atoms with E-state index in [9.17, 15) is 4.79 Å². The van der Waals surface area contributed by atoms with Crippen LogP contribution in [0, 0.1) is 0 Å². The van der Waals surface area contributed by atoms with E-state index in [1.54, 1.807) is 18.9 Å². The number of thioether (sulfide) groups is 1. The monoisotopic (exact) mass is 343 g/mol. The van der Waals surface area contributed by atoms with Gasteiger partial charge in [0.2, 0.25) is 5.91 Å². The molecule has 24 heavy (non-hydrogen) atoms. The fourth-order valence-corrected chi connectivity index (χ4v) is 3.49. The average Bonchev–Trinajstić information content (AvgIpc) is 2.65. The van der Waals surface area contributed by atoms with Crippen molar-refractivity contribution < 1.29 is 9.53 Å². The highest BCUT2D eigenvalue weighted by Gasteiger charge is 2.30. The molecule has 0 aromatic heterocycles. The number of methoxy groups -OCH3 is 1. The lowest BCUT2D eigenvalue weighted by Gasteiger charge is -2.32. The van der Waals surface area contributed by atoms with Gasteiger partial charge < -0.3 is 10.1 Å². The Morgan fingerprint density at radius 1 is 1.08 bits per heavy atom. The maximum Gasteiger partial charge on any atom is 0.220 e. The van der Waals surface area contributed by atoms with Gasteiger partial charge in [0, 0.05) is 24.2 Å². The van der Waals surface area contributed by atoms with Crippen molar-refractivity contribution >= 4 is 17.7 Å². The highest BCUT2D eigenvalue weighted by Crippen LogP contribution is 2.28. The molecule has 0 aliphatic rings. The molecule has 4 heteroatoms. The van der Waals surface area contributed by atoms with Gasteiger partial charge in [0.15, 0.2) is 0 Å². The van der Waals surface area contributed by atoms with Crippen LogP contribution in [-0.4, -0.2) is 25.3 Å². The predicted molar refractivity (Wildman–Crippen MR) is 100 cm³/mol. The molecule has 0 saturated heterocycles. The molecule has 2 aromatic carbocycles.